The maximum atomic E-state index is 13.2. The number of methoxy groups -OCH3 is 3. The van der Waals surface area contributed by atoms with Crippen molar-refractivity contribution < 1.29 is 19.0 Å². The number of carbonyl (C=O) groups excluding carboxylic acids is 1. The Bertz CT molecular complexity index is 817. The summed E-state index contributed by atoms with van der Waals surface area (Å²) in [6, 6.07) is 10.00. The molecule has 0 heterocycles. The summed E-state index contributed by atoms with van der Waals surface area (Å²) in [4.78, 5) is 15.1. The zero-order chi connectivity index (χ0) is 19.6. The quantitative estimate of drug-likeness (QED) is 0.736. The molecule has 144 valence electrons. The summed E-state index contributed by atoms with van der Waals surface area (Å²) in [5, 5.41) is 0. The molecule has 1 amide bonds. The van der Waals surface area contributed by atoms with Crippen LogP contribution in [0, 0.1) is 13.8 Å². The second-order valence-corrected chi connectivity index (χ2v) is 7.00. The van der Waals surface area contributed by atoms with Crippen molar-refractivity contribution in [1.29, 1.82) is 0 Å². The fraction of sp³-hybridized carbons (Fsp3) is 0.409. The fourth-order valence-corrected chi connectivity index (χ4v) is 3.22. The minimum atomic E-state index is 0.0642. The van der Waals surface area contributed by atoms with E-state index in [0.717, 1.165) is 29.5 Å². The van der Waals surface area contributed by atoms with Crippen molar-refractivity contribution >= 4 is 5.91 Å². The lowest BCUT2D eigenvalue weighted by Crippen LogP contribution is -2.32. The van der Waals surface area contributed by atoms with Gasteiger partial charge in [0.25, 0.3) is 5.91 Å². The van der Waals surface area contributed by atoms with Crippen LogP contribution in [0.4, 0.5) is 0 Å². The molecule has 5 heteroatoms. The molecule has 5 nitrogen and oxygen atoms in total. The van der Waals surface area contributed by atoms with E-state index >= 15 is 0 Å². The second-order valence-electron chi connectivity index (χ2n) is 7.00. The molecule has 0 saturated heterocycles. The first-order valence-electron chi connectivity index (χ1n) is 9.15. The van der Waals surface area contributed by atoms with Gasteiger partial charge in [0.05, 0.1) is 21.3 Å². The monoisotopic (exact) mass is 369 g/mol. The van der Waals surface area contributed by atoms with Crippen molar-refractivity contribution in [2.45, 2.75) is 39.3 Å². The summed E-state index contributed by atoms with van der Waals surface area (Å²) < 4.78 is 16.3. The smallest absolute Gasteiger partial charge is 0.254 e. The van der Waals surface area contributed by atoms with E-state index in [0.29, 0.717) is 29.8 Å². The number of nitrogens with zero attached hydrogens (tertiary/aromatic N) is 1. The lowest BCUT2D eigenvalue weighted by Gasteiger charge is -2.24. The summed E-state index contributed by atoms with van der Waals surface area (Å²) in [5.41, 5.74) is 4.00. The van der Waals surface area contributed by atoms with Crippen molar-refractivity contribution in [2.24, 2.45) is 0 Å². The molecule has 0 aromatic heterocycles. The molecule has 2 aromatic rings. The van der Waals surface area contributed by atoms with Crippen LogP contribution in [0.15, 0.2) is 30.3 Å². The highest BCUT2D eigenvalue weighted by atomic mass is 16.5. The van der Waals surface area contributed by atoms with Crippen LogP contribution in [0.5, 0.6) is 17.2 Å². The Morgan fingerprint density at radius 1 is 0.963 bits per heavy atom. The van der Waals surface area contributed by atoms with Crippen molar-refractivity contribution in [1.82, 2.24) is 4.90 Å². The zero-order valence-corrected chi connectivity index (χ0v) is 16.7. The van der Waals surface area contributed by atoms with Gasteiger partial charge in [-0.25, -0.2) is 0 Å². The summed E-state index contributed by atoms with van der Waals surface area (Å²) >= 11 is 0. The van der Waals surface area contributed by atoms with Gasteiger partial charge in [0, 0.05) is 18.2 Å². The molecule has 27 heavy (non-hydrogen) atoms. The third-order valence-corrected chi connectivity index (χ3v) is 5.08. The van der Waals surface area contributed by atoms with E-state index in [1.807, 2.05) is 42.2 Å². The summed E-state index contributed by atoms with van der Waals surface area (Å²) in [5.74, 6) is 1.82. The normalized spacial score (nSPS) is 13.2. The summed E-state index contributed by atoms with van der Waals surface area (Å²) in [7, 11) is 4.78. The minimum absolute atomic E-state index is 0.0642. The molecule has 0 unspecified atom stereocenters. The van der Waals surface area contributed by atoms with Crippen LogP contribution < -0.4 is 14.2 Å². The third kappa shape index (κ3) is 4.02. The average Bonchev–Trinajstić information content (AvgIpc) is 3.51. The maximum absolute atomic E-state index is 13.2. The molecule has 0 aliphatic heterocycles. The van der Waals surface area contributed by atoms with Crippen molar-refractivity contribution in [3.63, 3.8) is 0 Å². The first kappa shape index (κ1) is 19.1. The average molecular weight is 369 g/mol. The Kier molecular flexibility index (Phi) is 5.59. The van der Waals surface area contributed by atoms with Gasteiger partial charge < -0.3 is 19.1 Å². The van der Waals surface area contributed by atoms with Gasteiger partial charge in [-0.3, -0.25) is 4.79 Å². The van der Waals surface area contributed by atoms with E-state index in [-0.39, 0.29) is 5.91 Å². The predicted octanol–water partition coefficient (Wildman–Crippen LogP) is 4.13. The Balaban J connectivity index is 1.91. The van der Waals surface area contributed by atoms with E-state index < -0.39 is 0 Å². The largest absolute Gasteiger partial charge is 0.493 e. The lowest BCUT2D eigenvalue weighted by atomic mass is 10.0. The Labute approximate surface area is 160 Å². The zero-order valence-electron chi connectivity index (χ0n) is 16.7. The molecule has 1 aliphatic carbocycles. The molecule has 2 aromatic carbocycles. The number of amides is 1. The number of benzene rings is 2. The van der Waals surface area contributed by atoms with Crippen LogP contribution in [0.3, 0.4) is 0 Å². The predicted molar refractivity (Wildman–Crippen MR) is 105 cm³/mol. The van der Waals surface area contributed by atoms with Crippen LogP contribution in [-0.2, 0) is 6.54 Å². The highest BCUT2D eigenvalue weighted by Gasteiger charge is 2.33. The van der Waals surface area contributed by atoms with Crippen molar-refractivity contribution in [3.8, 4) is 17.2 Å². The van der Waals surface area contributed by atoms with E-state index in [9.17, 15) is 4.79 Å². The van der Waals surface area contributed by atoms with Crippen LogP contribution in [0.2, 0.25) is 0 Å². The topological polar surface area (TPSA) is 48.0 Å². The van der Waals surface area contributed by atoms with E-state index in [1.54, 1.807) is 21.3 Å². The first-order chi connectivity index (χ1) is 13.0. The molecule has 3 rings (SSSR count). The fourth-order valence-electron chi connectivity index (χ4n) is 3.22. The molecule has 0 spiro atoms. The van der Waals surface area contributed by atoms with Crippen molar-refractivity contribution in [3.05, 3.63) is 52.6 Å². The van der Waals surface area contributed by atoms with Crippen LogP contribution in [0.25, 0.3) is 0 Å². The number of carbonyl (C=O) groups is 1. The van der Waals surface area contributed by atoms with E-state index in [1.165, 1.54) is 5.56 Å². The molecule has 0 bridgehead atoms. The highest BCUT2D eigenvalue weighted by Crippen LogP contribution is 2.39. The number of rotatable bonds is 7. The van der Waals surface area contributed by atoms with Gasteiger partial charge in [-0.2, -0.15) is 0 Å². The number of hydrogen-bond acceptors (Lipinski definition) is 4. The van der Waals surface area contributed by atoms with E-state index in [4.69, 9.17) is 14.2 Å². The SMILES string of the molecule is COc1cc(CN(C(=O)c2ccc(C)c(C)c2)C2CC2)cc(OC)c1OC. The number of hydrogen-bond donors (Lipinski definition) is 0. The molecule has 1 saturated carbocycles. The maximum Gasteiger partial charge on any atom is 0.254 e. The lowest BCUT2D eigenvalue weighted by molar-refractivity contribution is 0.0729. The molecule has 0 N–H and O–H groups in total. The molecule has 0 radical (unpaired) electrons. The van der Waals surface area contributed by atoms with Crippen LogP contribution >= 0.6 is 0 Å². The molecular formula is C22H27NO4. The van der Waals surface area contributed by atoms with E-state index in [2.05, 4.69) is 6.92 Å². The molecular weight excluding hydrogens is 342 g/mol. The standard InChI is InChI=1S/C22H27NO4/c1-14-6-7-17(10-15(14)2)22(24)23(18-8-9-18)13-16-11-19(25-3)21(27-5)20(12-16)26-4/h6-7,10-12,18H,8-9,13H2,1-5H3. The Morgan fingerprint density at radius 2 is 1.59 bits per heavy atom. The first-order valence-corrected chi connectivity index (χ1v) is 9.15. The minimum Gasteiger partial charge on any atom is -0.493 e. The molecule has 1 fully saturated rings. The number of ether oxygens (including phenoxy) is 3. The van der Waals surface area contributed by atoms with Gasteiger partial charge in [0.15, 0.2) is 11.5 Å². The molecule has 1 aliphatic rings. The molecule has 0 atom stereocenters. The van der Waals surface area contributed by atoms with Gasteiger partial charge >= 0.3 is 0 Å². The van der Waals surface area contributed by atoms with Crippen LogP contribution in [0.1, 0.15) is 39.9 Å². The van der Waals surface area contributed by atoms with Crippen molar-refractivity contribution in [2.75, 3.05) is 21.3 Å². The number of aryl methyl sites for hydroxylation is 2. The van der Waals surface area contributed by atoms with Gasteiger partial charge in [-0.1, -0.05) is 6.07 Å². The van der Waals surface area contributed by atoms with Gasteiger partial charge in [0.1, 0.15) is 0 Å². The second kappa shape index (κ2) is 7.91. The van der Waals surface area contributed by atoms with Crippen LogP contribution in [-0.4, -0.2) is 38.2 Å². The summed E-state index contributed by atoms with van der Waals surface area (Å²) in [6.45, 7) is 4.60. The summed E-state index contributed by atoms with van der Waals surface area (Å²) in [6.07, 6.45) is 2.09. The van der Waals surface area contributed by atoms with Gasteiger partial charge in [-0.05, 0) is 67.6 Å². The Hall–Kier alpha value is -2.69. The van der Waals surface area contributed by atoms with Gasteiger partial charge in [0.2, 0.25) is 5.75 Å². The highest BCUT2D eigenvalue weighted by molar-refractivity contribution is 5.95. The third-order valence-electron chi connectivity index (χ3n) is 5.08. The Morgan fingerprint density at radius 3 is 2.07 bits per heavy atom. The van der Waals surface area contributed by atoms with Gasteiger partial charge in [-0.15, -0.1) is 0 Å².